The van der Waals surface area contributed by atoms with Gasteiger partial charge in [0.2, 0.25) is 5.78 Å². The monoisotopic (exact) mass is 307 g/mol. The molecule has 0 spiro atoms. The molecule has 4 nitrogen and oxygen atoms in total. The second-order valence-corrected chi connectivity index (χ2v) is 6.23. The largest absolute Gasteiger partial charge is 0.493 e. The van der Waals surface area contributed by atoms with Crippen LogP contribution in [0.1, 0.15) is 35.2 Å². The van der Waals surface area contributed by atoms with Crippen LogP contribution in [0.5, 0.6) is 11.5 Å². The Balaban J connectivity index is 1.86. The average Bonchev–Trinajstić information content (AvgIpc) is 2.77. The lowest BCUT2D eigenvalue weighted by Gasteiger charge is -2.28. The molecule has 0 aromatic heterocycles. The molecule has 120 valence electrons. The van der Waals surface area contributed by atoms with Gasteiger partial charge in [-0.2, -0.15) is 0 Å². The van der Waals surface area contributed by atoms with Crippen molar-refractivity contribution < 1.29 is 18.7 Å². The molecule has 0 amide bonds. The number of halogens is 1. The molecule has 0 bridgehead atoms. The van der Waals surface area contributed by atoms with Gasteiger partial charge in [0, 0.05) is 12.0 Å². The van der Waals surface area contributed by atoms with E-state index in [-0.39, 0.29) is 12.3 Å². The summed E-state index contributed by atoms with van der Waals surface area (Å²) in [5, 5.41) is 3.27. The molecule has 0 saturated carbocycles. The molecule has 1 aliphatic carbocycles. The van der Waals surface area contributed by atoms with Crippen LogP contribution in [-0.4, -0.2) is 38.8 Å². The zero-order chi connectivity index (χ0) is 15.7. The van der Waals surface area contributed by atoms with Gasteiger partial charge in [-0.05, 0) is 56.0 Å². The van der Waals surface area contributed by atoms with Crippen LogP contribution in [0.2, 0.25) is 0 Å². The number of alkyl halides is 1. The molecule has 3 rings (SSSR count). The van der Waals surface area contributed by atoms with Crippen LogP contribution in [0, 0.1) is 5.92 Å². The fourth-order valence-electron chi connectivity index (χ4n) is 3.61. The van der Waals surface area contributed by atoms with Crippen molar-refractivity contribution in [3.05, 3.63) is 23.3 Å². The van der Waals surface area contributed by atoms with E-state index in [2.05, 4.69) is 5.32 Å². The van der Waals surface area contributed by atoms with Crippen LogP contribution in [0.3, 0.4) is 0 Å². The van der Waals surface area contributed by atoms with Gasteiger partial charge in [-0.1, -0.05) is 0 Å². The molecule has 1 aromatic rings. The van der Waals surface area contributed by atoms with Crippen molar-refractivity contribution >= 4 is 5.78 Å². The van der Waals surface area contributed by atoms with Crippen molar-refractivity contribution in [3.8, 4) is 11.5 Å². The highest BCUT2D eigenvalue weighted by molar-refractivity contribution is 6.07. The minimum Gasteiger partial charge on any atom is -0.493 e. The number of piperidine rings is 1. The van der Waals surface area contributed by atoms with Crippen molar-refractivity contribution in [1.82, 2.24) is 5.32 Å². The number of ketones is 1. The Labute approximate surface area is 130 Å². The molecular weight excluding hydrogens is 285 g/mol. The average molecular weight is 307 g/mol. The highest BCUT2D eigenvalue weighted by Gasteiger charge is 2.47. The first-order valence-electron chi connectivity index (χ1n) is 7.77. The first kappa shape index (κ1) is 15.3. The van der Waals surface area contributed by atoms with Gasteiger partial charge in [0.25, 0.3) is 0 Å². The molecule has 1 aromatic carbocycles. The minimum absolute atomic E-state index is 0.144. The van der Waals surface area contributed by atoms with Crippen LogP contribution >= 0.6 is 0 Å². The number of benzene rings is 1. The second kappa shape index (κ2) is 5.88. The number of carbonyl (C=O) groups excluding carboxylic acids is 1. The summed E-state index contributed by atoms with van der Waals surface area (Å²) in [6.45, 7) is 1.81. The molecule has 1 N–H and O–H groups in total. The summed E-state index contributed by atoms with van der Waals surface area (Å²) in [5.74, 6) is 0.885. The molecule has 1 atom stereocenters. The fourth-order valence-corrected chi connectivity index (χ4v) is 3.61. The third kappa shape index (κ3) is 2.58. The Hall–Kier alpha value is -1.62. The van der Waals surface area contributed by atoms with Gasteiger partial charge in [-0.25, -0.2) is 4.39 Å². The first-order chi connectivity index (χ1) is 10.6. The molecular formula is C17H22FNO3. The molecule has 1 saturated heterocycles. The Kier molecular flexibility index (Phi) is 4.08. The van der Waals surface area contributed by atoms with E-state index >= 15 is 4.39 Å². The van der Waals surface area contributed by atoms with Crippen molar-refractivity contribution in [1.29, 1.82) is 0 Å². The summed E-state index contributed by atoms with van der Waals surface area (Å²) in [4.78, 5) is 12.6. The number of nitrogens with one attached hydrogen (secondary N) is 1. The normalized spacial score (nSPS) is 25.1. The van der Waals surface area contributed by atoms with Crippen LogP contribution in [0.15, 0.2) is 12.1 Å². The maximum absolute atomic E-state index is 15.3. The quantitative estimate of drug-likeness (QED) is 0.928. The Morgan fingerprint density at radius 1 is 1.23 bits per heavy atom. The highest BCUT2D eigenvalue weighted by atomic mass is 19.1. The van der Waals surface area contributed by atoms with Crippen LogP contribution in [0.25, 0.3) is 0 Å². The van der Waals surface area contributed by atoms with E-state index < -0.39 is 11.5 Å². The van der Waals surface area contributed by atoms with Crippen LogP contribution < -0.4 is 14.8 Å². The minimum atomic E-state index is -1.78. The van der Waals surface area contributed by atoms with Crippen molar-refractivity contribution in [2.24, 2.45) is 5.92 Å². The molecule has 5 heteroatoms. The molecule has 22 heavy (non-hydrogen) atoms. The number of ether oxygens (including phenoxy) is 2. The van der Waals surface area contributed by atoms with Gasteiger partial charge in [-0.3, -0.25) is 4.79 Å². The number of Topliss-reactive ketones (excluding diaryl/α,β-unsaturated/α-hetero) is 1. The Morgan fingerprint density at radius 3 is 2.50 bits per heavy atom. The van der Waals surface area contributed by atoms with Crippen LogP contribution in [0.4, 0.5) is 4.39 Å². The smallest absolute Gasteiger partial charge is 0.200 e. The summed E-state index contributed by atoms with van der Waals surface area (Å²) in [5.41, 5.74) is -0.616. The fraction of sp³-hybridized carbons (Fsp3) is 0.588. The number of methoxy groups -OCH3 is 2. The number of hydrogen-bond donors (Lipinski definition) is 1. The van der Waals surface area contributed by atoms with Gasteiger partial charge < -0.3 is 14.8 Å². The summed E-state index contributed by atoms with van der Waals surface area (Å²) in [7, 11) is 3.06. The summed E-state index contributed by atoms with van der Waals surface area (Å²) in [6, 6.07) is 3.34. The topological polar surface area (TPSA) is 47.6 Å². The van der Waals surface area contributed by atoms with Crippen molar-refractivity contribution in [3.63, 3.8) is 0 Å². The van der Waals surface area contributed by atoms with E-state index in [0.717, 1.165) is 31.5 Å². The summed E-state index contributed by atoms with van der Waals surface area (Å²) >= 11 is 0. The van der Waals surface area contributed by atoms with Gasteiger partial charge >= 0.3 is 0 Å². The van der Waals surface area contributed by atoms with E-state index in [9.17, 15) is 4.79 Å². The summed E-state index contributed by atoms with van der Waals surface area (Å²) < 4.78 is 25.8. The molecule has 1 aliphatic heterocycles. The Morgan fingerprint density at radius 2 is 1.86 bits per heavy atom. The lowest BCUT2D eigenvalue weighted by molar-refractivity contribution is 0.0632. The lowest BCUT2D eigenvalue weighted by atomic mass is 9.84. The van der Waals surface area contributed by atoms with Gasteiger partial charge in [0.05, 0.1) is 14.2 Å². The molecule has 1 heterocycles. The number of hydrogen-bond acceptors (Lipinski definition) is 4. The zero-order valence-electron chi connectivity index (χ0n) is 13.1. The van der Waals surface area contributed by atoms with Crippen LogP contribution in [-0.2, 0) is 6.42 Å². The molecule has 1 unspecified atom stereocenters. The first-order valence-corrected chi connectivity index (χ1v) is 7.77. The van der Waals surface area contributed by atoms with E-state index in [4.69, 9.17) is 9.47 Å². The maximum atomic E-state index is 15.3. The zero-order valence-corrected chi connectivity index (χ0v) is 13.1. The van der Waals surface area contributed by atoms with Crippen molar-refractivity contribution in [2.75, 3.05) is 27.3 Å². The van der Waals surface area contributed by atoms with E-state index in [1.54, 1.807) is 19.2 Å². The standard InChI is InChI=1S/C17H22FNO3/c1-21-14-7-12-10-17(18,9-11-3-5-19-6-4-11)16(20)13(12)8-15(14)22-2/h7-8,11,19H,3-6,9-10H2,1-2H3. The molecule has 1 fully saturated rings. The van der Waals surface area contributed by atoms with Gasteiger partial charge in [-0.15, -0.1) is 0 Å². The highest BCUT2D eigenvalue weighted by Crippen LogP contribution is 2.43. The SMILES string of the molecule is COc1cc2c(cc1OC)C(=O)C(F)(CC1CCNCC1)C2. The van der Waals surface area contributed by atoms with E-state index in [1.165, 1.54) is 7.11 Å². The second-order valence-electron chi connectivity index (χ2n) is 6.23. The third-order valence-electron chi connectivity index (χ3n) is 4.80. The van der Waals surface area contributed by atoms with Crippen molar-refractivity contribution in [2.45, 2.75) is 31.4 Å². The van der Waals surface area contributed by atoms with Gasteiger partial charge in [0.1, 0.15) is 0 Å². The number of fused-ring (bicyclic) bond motifs is 1. The van der Waals surface area contributed by atoms with E-state index in [0.29, 0.717) is 23.5 Å². The lowest BCUT2D eigenvalue weighted by Crippen LogP contribution is -2.37. The third-order valence-corrected chi connectivity index (χ3v) is 4.80. The number of rotatable bonds is 4. The summed E-state index contributed by atoms with van der Waals surface area (Å²) in [6.07, 6.45) is 2.32. The molecule has 2 aliphatic rings. The Bertz CT molecular complexity index is 584. The molecule has 0 radical (unpaired) electrons. The maximum Gasteiger partial charge on any atom is 0.200 e. The van der Waals surface area contributed by atoms with E-state index in [1.807, 2.05) is 0 Å². The predicted molar refractivity (Wildman–Crippen MR) is 81.6 cm³/mol. The predicted octanol–water partition coefficient (Wildman–Crippen LogP) is 2.54. The van der Waals surface area contributed by atoms with Gasteiger partial charge in [0.15, 0.2) is 17.2 Å². The number of carbonyl (C=O) groups is 1.